The Kier molecular flexibility index (Phi) is 4.96. The summed E-state index contributed by atoms with van der Waals surface area (Å²) in [7, 11) is 0. The average molecular weight is 481 g/mol. The molecule has 3 aromatic carbocycles. The quantitative estimate of drug-likeness (QED) is 0.321. The Morgan fingerprint density at radius 2 is 1.30 bits per heavy atom. The average Bonchev–Trinajstić information content (AvgIpc) is 3.54. The molecule has 7 rings (SSSR count). The number of pyridine rings is 1. The fraction of sp³-hybridized carbons (Fsp3) is 0.0645. The number of dihydropyridines is 1. The van der Waals surface area contributed by atoms with Crippen molar-refractivity contribution >= 4 is 27.5 Å². The molecule has 0 amide bonds. The number of benzene rings is 3. The lowest BCUT2D eigenvalue weighted by atomic mass is 10.1. The number of hydrogen-bond donors (Lipinski definition) is 1. The zero-order chi connectivity index (χ0) is 24.8. The molecule has 0 aliphatic carbocycles. The number of nitrogens with one attached hydrogen (secondary N) is 1. The molecule has 0 bridgehead atoms. The third-order valence-corrected chi connectivity index (χ3v) is 6.83. The summed E-state index contributed by atoms with van der Waals surface area (Å²) in [5.41, 5.74) is 6.37. The van der Waals surface area contributed by atoms with E-state index in [9.17, 15) is 0 Å². The smallest absolute Gasteiger partial charge is 0.184 e. The maximum atomic E-state index is 4.64. The topological polar surface area (TPSA) is 60.6 Å². The Morgan fingerprint density at radius 3 is 1.97 bits per heavy atom. The van der Waals surface area contributed by atoms with E-state index in [1.165, 1.54) is 21.8 Å². The molecule has 0 fully saturated rings. The highest BCUT2D eigenvalue weighted by Crippen LogP contribution is 2.33. The first-order valence-electron chi connectivity index (χ1n) is 12.4. The summed E-state index contributed by atoms with van der Waals surface area (Å²) in [6.07, 6.45) is 9.79. The number of nitrogens with zero attached hydrogens (tertiary/aromatic N) is 5. The van der Waals surface area contributed by atoms with Gasteiger partial charge in [0.2, 0.25) is 0 Å². The second-order valence-electron chi connectivity index (χ2n) is 9.20. The summed E-state index contributed by atoms with van der Waals surface area (Å²) in [5, 5.41) is 15.2. The van der Waals surface area contributed by atoms with Gasteiger partial charge < -0.3 is 9.88 Å². The van der Waals surface area contributed by atoms with E-state index in [0.29, 0.717) is 0 Å². The van der Waals surface area contributed by atoms with Crippen LogP contribution in [0.15, 0.2) is 116 Å². The van der Waals surface area contributed by atoms with Gasteiger partial charge in [-0.15, -0.1) is 10.2 Å². The Labute approximate surface area is 214 Å². The SMILES string of the molecule is CC1C=CC=C(c2nnc(-c3ccc(-n4c5ccccc5c5ccccc54)cc3)n2-c2ccncc2)N1. The van der Waals surface area contributed by atoms with E-state index in [4.69, 9.17) is 0 Å². The van der Waals surface area contributed by atoms with Gasteiger partial charge in [-0.2, -0.15) is 0 Å². The second-order valence-corrected chi connectivity index (χ2v) is 9.20. The van der Waals surface area contributed by atoms with Crippen LogP contribution in [0.25, 0.3) is 50.3 Å². The van der Waals surface area contributed by atoms with Gasteiger partial charge in [0.05, 0.1) is 22.4 Å². The molecule has 1 unspecified atom stereocenters. The summed E-state index contributed by atoms with van der Waals surface area (Å²) < 4.78 is 4.40. The first-order chi connectivity index (χ1) is 18.3. The highest BCUT2D eigenvalue weighted by molar-refractivity contribution is 6.09. The van der Waals surface area contributed by atoms with Crippen LogP contribution in [0.3, 0.4) is 0 Å². The molecule has 0 saturated carbocycles. The Hall–Kier alpha value is -4.97. The third kappa shape index (κ3) is 3.53. The summed E-state index contributed by atoms with van der Waals surface area (Å²) in [4.78, 5) is 4.20. The van der Waals surface area contributed by atoms with Crippen molar-refractivity contribution in [3.8, 4) is 22.8 Å². The lowest BCUT2D eigenvalue weighted by Crippen LogP contribution is -2.26. The number of para-hydroxylation sites is 2. The van der Waals surface area contributed by atoms with Gasteiger partial charge in [-0.1, -0.05) is 48.6 Å². The monoisotopic (exact) mass is 480 g/mol. The van der Waals surface area contributed by atoms with Crippen molar-refractivity contribution in [1.82, 2.24) is 29.6 Å². The summed E-state index contributed by atoms with van der Waals surface area (Å²) in [6, 6.07) is 29.8. The number of fused-ring (bicyclic) bond motifs is 3. The molecule has 6 nitrogen and oxygen atoms in total. The van der Waals surface area contributed by atoms with Gasteiger partial charge in [-0.25, -0.2) is 0 Å². The molecule has 1 N–H and O–H groups in total. The minimum absolute atomic E-state index is 0.219. The highest BCUT2D eigenvalue weighted by atomic mass is 15.3. The standard InChI is InChI=1S/C31H24N6/c1-21-7-6-10-27(33-21)31-35-34-30(37(31)24-17-19-32-20-18-24)22-13-15-23(16-14-22)36-28-11-4-2-8-25(28)26-9-3-5-12-29(26)36/h2-21,33H,1H3. The van der Waals surface area contributed by atoms with E-state index >= 15 is 0 Å². The predicted octanol–water partition coefficient (Wildman–Crippen LogP) is 6.32. The summed E-state index contributed by atoms with van der Waals surface area (Å²) in [5.74, 6) is 1.55. The van der Waals surface area contributed by atoms with Gasteiger partial charge >= 0.3 is 0 Å². The molecule has 178 valence electrons. The van der Waals surface area contributed by atoms with Gasteiger partial charge in [0, 0.05) is 40.5 Å². The molecule has 0 radical (unpaired) electrons. The lowest BCUT2D eigenvalue weighted by molar-refractivity contribution is 0.765. The van der Waals surface area contributed by atoms with E-state index < -0.39 is 0 Å². The molecule has 6 heteroatoms. The van der Waals surface area contributed by atoms with Crippen LogP contribution >= 0.6 is 0 Å². The van der Waals surface area contributed by atoms with Crippen molar-refractivity contribution in [2.45, 2.75) is 13.0 Å². The first-order valence-corrected chi connectivity index (χ1v) is 12.4. The van der Waals surface area contributed by atoms with Crippen LogP contribution < -0.4 is 5.32 Å². The van der Waals surface area contributed by atoms with Crippen LogP contribution in [0.2, 0.25) is 0 Å². The largest absolute Gasteiger partial charge is 0.376 e. The van der Waals surface area contributed by atoms with Crippen molar-refractivity contribution in [2.24, 2.45) is 0 Å². The number of rotatable bonds is 4. The first kappa shape index (κ1) is 21.3. The molecule has 37 heavy (non-hydrogen) atoms. The molecular formula is C31H24N6. The fourth-order valence-electron chi connectivity index (χ4n) is 5.14. The molecule has 4 heterocycles. The molecule has 1 aliphatic rings. The number of hydrogen-bond acceptors (Lipinski definition) is 4. The van der Waals surface area contributed by atoms with Crippen LogP contribution in [0.5, 0.6) is 0 Å². The molecule has 3 aromatic heterocycles. The predicted molar refractivity (Wildman–Crippen MR) is 149 cm³/mol. The molecule has 6 aromatic rings. The van der Waals surface area contributed by atoms with Gasteiger partial charge in [-0.05, 0) is 61.5 Å². The summed E-state index contributed by atoms with van der Waals surface area (Å²) >= 11 is 0. The Bertz CT molecular complexity index is 1750. The van der Waals surface area contributed by atoms with Gasteiger partial charge in [-0.3, -0.25) is 9.55 Å². The number of allylic oxidation sites excluding steroid dienone is 2. The third-order valence-electron chi connectivity index (χ3n) is 6.83. The minimum Gasteiger partial charge on any atom is -0.376 e. The van der Waals surface area contributed by atoms with Gasteiger partial charge in [0.1, 0.15) is 0 Å². The molecular weight excluding hydrogens is 456 g/mol. The van der Waals surface area contributed by atoms with Crippen LogP contribution in [-0.2, 0) is 0 Å². The number of aromatic nitrogens is 5. The van der Waals surface area contributed by atoms with E-state index in [1.54, 1.807) is 12.4 Å². The van der Waals surface area contributed by atoms with E-state index in [0.717, 1.165) is 34.3 Å². The maximum Gasteiger partial charge on any atom is 0.184 e. The van der Waals surface area contributed by atoms with Gasteiger partial charge in [0.25, 0.3) is 0 Å². The van der Waals surface area contributed by atoms with Crippen molar-refractivity contribution in [1.29, 1.82) is 0 Å². The second kappa shape index (κ2) is 8.60. The van der Waals surface area contributed by atoms with E-state index in [2.05, 4.69) is 122 Å². The van der Waals surface area contributed by atoms with Crippen molar-refractivity contribution < 1.29 is 0 Å². The van der Waals surface area contributed by atoms with E-state index in [1.807, 2.05) is 18.2 Å². The zero-order valence-corrected chi connectivity index (χ0v) is 20.3. The van der Waals surface area contributed by atoms with Crippen LogP contribution in [-0.4, -0.2) is 30.4 Å². The highest BCUT2D eigenvalue weighted by Gasteiger charge is 2.20. The van der Waals surface area contributed by atoms with Crippen LogP contribution in [0.1, 0.15) is 12.7 Å². The van der Waals surface area contributed by atoms with E-state index in [-0.39, 0.29) is 6.04 Å². The minimum atomic E-state index is 0.219. The van der Waals surface area contributed by atoms with Crippen molar-refractivity contribution in [2.75, 3.05) is 0 Å². The Balaban J connectivity index is 1.37. The zero-order valence-electron chi connectivity index (χ0n) is 20.3. The molecule has 1 aliphatic heterocycles. The Morgan fingerprint density at radius 1 is 0.676 bits per heavy atom. The molecule has 0 saturated heterocycles. The maximum absolute atomic E-state index is 4.64. The molecule has 1 atom stereocenters. The van der Waals surface area contributed by atoms with Crippen LogP contribution in [0, 0.1) is 0 Å². The van der Waals surface area contributed by atoms with Crippen molar-refractivity contribution in [3.05, 3.63) is 121 Å². The summed E-state index contributed by atoms with van der Waals surface area (Å²) in [6.45, 7) is 2.12. The lowest BCUT2D eigenvalue weighted by Gasteiger charge is -2.19. The van der Waals surface area contributed by atoms with Crippen molar-refractivity contribution in [3.63, 3.8) is 0 Å². The fourth-order valence-corrected chi connectivity index (χ4v) is 5.14. The molecule has 0 spiro atoms. The van der Waals surface area contributed by atoms with Gasteiger partial charge in [0.15, 0.2) is 11.6 Å². The normalized spacial score (nSPS) is 15.2. The van der Waals surface area contributed by atoms with Crippen LogP contribution in [0.4, 0.5) is 0 Å².